The number of aliphatic hydroxyl groups is 1. The highest BCUT2D eigenvalue weighted by molar-refractivity contribution is 6.33. The summed E-state index contributed by atoms with van der Waals surface area (Å²) < 4.78 is 0. The maximum absolute atomic E-state index is 11.8. The maximum atomic E-state index is 11.8. The molecular weight excluding hydrogens is 238 g/mol. The van der Waals surface area contributed by atoms with E-state index in [0.29, 0.717) is 5.56 Å². The van der Waals surface area contributed by atoms with Crippen molar-refractivity contribution in [2.24, 2.45) is 0 Å². The van der Waals surface area contributed by atoms with E-state index in [1.54, 1.807) is 24.3 Å². The van der Waals surface area contributed by atoms with Gasteiger partial charge >= 0.3 is 0 Å². The van der Waals surface area contributed by atoms with Crippen molar-refractivity contribution in [2.45, 2.75) is 25.6 Å². The molecule has 3 nitrogen and oxygen atoms in total. The van der Waals surface area contributed by atoms with Crippen LogP contribution in [0, 0.1) is 0 Å². The molecule has 2 rings (SSSR count). The molecule has 0 aromatic heterocycles. The van der Waals surface area contributed by atoms with Crippen LogP contribution < -0.4 is 0 Å². The first kappa shape index (κ1) is 12.1. The molecule has 0 spiro atoms. The molecule has 1 aliphatic rings. The average Bonchev–Trinajstić information content (AvgIpc) is 2.51. The smallest absolute Gasteiger partial charge is 0.250 e. The Bertz CT molecular complexity index is 470. The van der Waals surface area contributed by atoms with Gasteiger partial charge in [0.1, 0.15) is 0 Å². The van der Waals surface area contributed by atoms with E-state index in [-0.39, 0.29) is 17.0 Å². The molecule has 1 aliphatic heterocycles. The SMILES string of the molecule is CC(C)N1C(=O)C=C(Cl)C1(O)c1ccccc1. The van der Waals surface area contributed by atoms with Crippen molar-refractivity contribution in [1.82, 2.24) is 4.90 Å². The van der Waals surface area contributed by atoms with Crippen molar-refractivity contribution < 1.29 is 9.90 Å². The van der Waals surface area contributed by atoms with Crippen molar-refractivity contribution in [1.29, 1.82) is 0 Å². The normalized spacial score (nSPS) is 24.4. The summed E-state index contributed by atoms with van der Waals surface area (Å²) in [4.78, 5) is 13.2. The highest BCUT2D eigenvalue weighted by Gasteiger charge is 2.48. The average molecular weight is 252 g/mol. The zero-order valence-electron chi connectivity index (χ0n) is 9.72. The molecule has 1 amide bonds. The molecule has 0 fully saturated rings. The first-order chi connectivity index (χ1) is 7.98. The van der Waals surface area contributed by atoms with Crippen molar-refractivity contribution in [3.8, 4) is 0 Å². The third-order valence-electron chi connectivity index (χ3n) is 2.86. The lowest BCUT2D eigenvalue weighted by Gasteiger charge is -2.37. The van der Waals surface area contributed by atoms with Crippen LogP contribution in [-0.2, 0) is 10.5 Å². The van der Waals surface area contributed by atoms with Gasteiger partial charge in [0.15, 0.2) is 0 Å². The fourth-order valence-electron chi connectivity index (χ4n) is 2.13. The predicted molar refractivity (Wildman–Crippen MR) is 66.3 cm³/mol. The molecule has 1 atom stereocenters. The monoisotopic (exact) mass is 251 g/mol. The lowest BCUT2D eigenvalue weighted by Crippen LogP contribution is -2.48. The fourth-order valence-corrected chi connectivity index (χ4v) is 2.42. The molecule has 0 bridgehead atoms. The number of benzene rings is 1. The summed E-state index contributed by atoms with van der Waals surface area (Å²) >= 11 is 6.04. The number of halogens is 1. The lowest BCUT2D eigenvalue weighted by molar-refractivity contribution is -0.147. The van der Waals surface area contributed by atoms with Crippen LogP contribution in [0.1, 0.15) is 19.4 Å². The van der Waals surface area contributed by atoms with Crippen molar-refractivity contribution >= 4 is 17.5 Å². The number of nitrogens with zero attached hydrogens (tertiary/aromatic N) is 1. The summed E-state index contributed by atoms with van der Waals surface area (Å²) in [5.41, 5.74) is -0.936. The number of carbonyl (C=O) groups excluding carboxylic acids is 1. The van der Waals surface area contributed by atoms with Gasteiger partial charge in [-0.25, -0.2) is 0 Å². The molecule has 1 aromatic carbocycles. The topological polar surface area (TPSA) is 40.5 Å². The van der Waals surface area contributed by atoms with Crippen LogP contribution in [0.15, 0.2) is 41.4 Å². The van der Waals surface area contributed by atoms with Gasteiger partial charge in [0.05, 0.1) is 5.03 Å². The molecule has 0 saturated carbocycles. The van der Waals surface area contributed by atoms with E-state index in [4.69, 9.17) is 11.6 Å². The van der Waals surface area contributed by atoms with Gasteiger partial charge in [-0.05, 0) is 13.8 Å². The number of hydrogen-bond donors (Lipinski definition) is 1. The second kappa shape index (κ2) is 4.17. The minimum absolute atomic E-state index is 0.139. The number of rotatable bonds is 2. The Hall–Kier alpha value is -1.32. The number of hydrogen-bond acceptors (Lipinski definition) is 2. The zero-order valence-corrected chi connectivity index (χ0v) is 10.5. The summed E-state index contributed by atoms with van der Waals surface area (Å²) in [6.07, 6.45) is 1.27. The van der Waals surface area contributed by atoms with Crippen LogP contribution in [0.4, 0.5) is 0 Å². The third kappa shape index (κ3) is 1.75. The van der Waals surface area contributed by atoms with Crippen LogP contribution in [0.25, 0.3) is 0 Å². The van der Waals surface area contributed by atoms with Crippen LogP contribution in [-0.4, -0.2) is 22.0 Å². The van der Waals surface area contributed by atoms with E-state index < -0.39 is 5.72 Å². The van der Waals surface area contributed by atoms with Gasteiger partial charge < -0.3 is 5.11 Å². The summed E-state index contributed by atoms with van der Waals surface area (Å²) in [6.45, 7) is 3.68. The molecule has 1 heterocycles. The Kier molecular flexibility index (Phi) is 2.98. The van der Waals surface area contributed by atoms with Crippen LogP contribution in [0.3, 0.4) is 0 Å². The van der Waals surface area contributed by atoms with Crippen molar-refractivity contribution in [2.75, 3.05) is 0 Å². The molecule has 17 heavy (non-hydrogen) atoms. The van der Waals surface area contributed by atoms with Gasteiger partial charge in [0.2, 0.25) is 5.72 Å². The number of carbonyl (C=O) groups is 1. The van der Waals surface area contributed by atoms with E-state index in [1.807, 2.05) is 19.9 Å². The highest BCUT2D eigenvalue weighted by atomic mass is 35.5. The Morgan fingerprint density at radius 3 is 2.41 bits per heavy atom. The van der Waals surface area contributed by atoms with Crippen LogP contribution in [0.5, 0.6) is 0 Å². The summed E-state index contributed by atoms with van der Waals surface area (Å²) in [5, 5.41) is 10.9. The summed E-state index contributed by atoms with van der Waals surface area (Å²) in [6, 6.07) is 8.83. The Morgan fingerprint density at radius 2 is 1.88 bits per heavy atom. The largest absolute Gasteiger partial charge is 0.362 e. The third-order valence-corrected chi connectivity index (χ3v) is 3.23. The molecule has 1 aromatic rings. The van der Waals surface area contributed by atoms with Gasteiger partial charge in [0.25, 0.3) is 5.91 Å². The molecule has 1 N–H and O–H groups in total. The molecule has 0 saturated heterocycles. The lowest BCUT2D eigenvalue weighted by atomic mass is 10.0. The second-order valence-electron chi connectivity index (χ2n) is 4.33. The first-order valence-electron chi connectivity index (χ1n) is 5.46. The fraction of sp³-hybridized carbons (Fsp3) is 0.308. The van der Waals surface area contributed by atoms with Crippen molar-refractivity contribution in [3.63, 3.8) is 0 Å². The summed E-state index contributed by atoms with van der Waals surface area (Å²) in [5.74, 6) is -0.267. The van der Waals surface area contributed by atoms with Gasteiger partial charge in [0, 0.05) is 17.7 Å². The van der Waals surface area contributed by atoms with Crippen molar-refractivity contribution in [3.05, 3.63) is 47.0 Å². The quantitative estimate of drug-likeness (QED) is 0.876. The number of amides is 1. The standard InChI is InChI=1S/C13H14ClNO2/c1-9(2)15-12(16)8-11(14)13(15,17)10-6-4-3-5-7-10/h3-9,17H,1-2H3. The van der Waals surface area contributed by atoms with Gasteiger partial charge in [-0.3, -0.25) is 9.69 Å². The predicted octanol–water partition coefficient (Wildman–Crippen LogP) is 2.21. The Labute approximate surface area is 105 Å². The van der Waals surface area contributed by atoms with E-state index in [2.05, 4.69) is 0 Å². The second-order valence-corrected chi connectivity index (χ2v) is 4.74. The molecule has 1 unspecified atom stereocenters. The highest BCUT2D eigenvalue weighted by Crippen LogP contribution is 2.41. The minimum atomic E-state index is -1.53. The molecule has 0 radical (unpaired) electrons. The molecule has 0 aliphatic carbocycles. The summed E-state index contributed by atoms with van der Waals surface area (Å²) in [7, 11) is 0. The van der Waals surface area contributed by atoms with Gasteiger partial charge in [-0.2, -0.15) is 0 Å². The zero-order chi connectivity index (χ0) is 12.6. The van der Waals surface area contributed by atoms with E-state index >= 15 is 0 Å². The van der Waals surface area contributed by atoms with Crippen LogP contribution >= 0.6 is 11.6 Å². The Balaban J connectivity index is 2.54. The van der Waals surface area contributed by atoms with Crippen LogP contribution in [0.2, 0.25) is 0 Å². The molecule has 4 heteroatoms. The minimum Gasteiger partial charge on any atom is -0.362 e. The maximum Gasteiger partial charge on any atom is 0.250 e. The molecule has 90 valence electrons. The molecular formula is C13H14ClNO2. The van der Waals surface area contributed by atoms with E-state index in [9.17, 15) is 9.90 Å². The Morgan fingerprint density at radius 1 is 1.29 bits per heavy atom. The van der Waals surface area contributed by atoms with E-state index in [1.165, 1.54) is 11.0 Å². The van der Waals surface area contributed by atoms with Gasteiger partial charge in [-0.15, -0.1) is 0 Å². The van der Waals surface area contributed by atoms with E-state index in [0.717, 1.165) is 0 Å². The first-order valence-corrected chi connectivity index (χ1v) is 5.84. The van der Waals surface area contributed by atoms with Gasteiger partial charge in [-0.1, -0.05) is 41.9 Å².